The molecule has 4 nitrogen and oxygen atoms in total. The Morgan fingerprint density at radius 2 is 1.80 bits per heavy atom. The van der Waals surface area contributed by atoms with E-state index in [1.807, 2.05) is 7.11 Å². The van der Waals surface area contributed by atoms with Crippen molar-refractivity contribution < 1.29 is 4.74 Å². The van der Waals surface area contributed by atoms with E-state index in [0.29, 0.717) is 6.10 Å². The molecule has 2 aliphatic rings. The zero-order valence-electron chi connectivity index (χ0n) is 13.8. The summed E-state index contributed by atoms with van der Waals surface area (Å²) in [5.74, 6) is 0. The summed E-state index contributed by atoms with van der Waals surface area (Å²) in [6.07, 6.45) is 5.23. The second kappa shape index (κ2) is 6.30. The van der Waals surface area contributed by atoms with Gasteiger partial charge in [-0.25, -0.2) is 0 Å². The number of hydrogen-bond donors (Lipinski definition) is 1. The van der Waals surface area contributed by atoms with Crippen LogP contribution in [0, 0.1) is 0 Å². The van der Waals surface area contributed by atoms with Crippen molar-refractivity contribution in [3.63, 3.8) is 0 Å². The van der Waals surface area contributed by atoms with Crippen LogP contribution in [0.25, 0.3) is 0 Å². The average molecular weight is 283 g/mol. The Hall–Kier alpha value is -0.160. The first-order chi connectivity index (χ1) is 9.44. The summed E-state index contributed by atoms with van der Waals surface area (Å²) >= 11 is 0. The van der Waals surface area contributed by atoms with Crippen LogP contribution in [-0.4, -0.2) is 66.8 Å². The van der Waals surface area contributed by atoms with Gasteiger partial charge in [-0.15, -0.1) is 0 Å². The molecular formula is C16H33N3O. The van der Waals surface area contributed by atoms with Crippen LogP contribution >= 0.6 is 0 Å². The highest BCUT2D eigenvalue weighted by atomic mass is 16.5. The maximum atomic E-state index is 6.22. The Kier molecular flexibility index (Phi) is 5.11. The fourth-order valence-electron chi connectivity index (χ4n) is 4.07. The molecule has 2 atom stereocenters. The Bertz CT molecular complexity index is 307. The molecule has 2 rings (SSSR count). The normalized spacial score (nSPS) is 34.4. The predicted molar refractivity (Wildman–Crippen MR) is 83.9 cm³/mol. The van der Waals surface area contributed by atoms with Crippen molar-refractivity contribution >= 4 is 0 Å². The highest BCUT2D eigenvalue weighted by molar-refractivity contribution is 5.02. The molecule has 1 aliphatic heterocycles. The number of nitrogens with two attached hydrogens (primary N) is 1. The fourth-order valence-corrected chi connectivity index (χ4v) is 4.07. The second-order valence-electron chi connectivity index (χ2n) is 7.42. The molecule has 0 aromatic heterocycles. The van der Waals surface area contributed by atoms with Gasteiger partial charge < -0.3 is 10.5 Å². The Morgan fingerprint density at radius 3 is 2.30 bits per heavy atom. The molecule has 0 amide bonds. The fraction of sp³-hybridized carbons (Fsp3) is 1.00. The smallest absolute Gasteiger partial charge is 0.0767 e. The van der Waals surface area contributed by atoms with E-state index in [1.165, 1.54) is 19.3 Å². The minimum absolute atomic E-state index is 0.0803. The van der Waals surface area contributed by atoms with E-state index in [-0.39, 0.29) is 11.1 Å². The molecule has 1 saturated heterocycles. The molecule has 0 bridgehead atoms. The summed E-state index contributed by atoms with van der Waals surface area (Å²) in [5.41, 5.74) is 6.57. The van der Waals surface area contributed by atoms with Gasteiger partial charge >= 0.3 is 0 Å². The van der Waals surface area contributed by atoms with Gasteiger partial charge in [-0.3, -0.25) is 9.80 Å². The van der Waals surface area contributed by atoms with E-state index >= 15 is 0 Å². The van der Waals surface area contributed by atoms with Gasteiger partial charge in [0.05, 0.1) is 11.6 Å². The Morgan fingerprint density at radius 1 is 1.15 bits per heavy atom. The first-order valence-corrected chi connectivity index (χ1v) is 8.17. The first kappa shape index (κ1) is 16.2. The lowest BCUT2D eigenvalue weighted by atomic mass is 9.77. The average Bonchev–Trinajstić information content (AvgIpc) is 2.46. The standard InChI is InChI=1S/C16H33N3O/c1-15(2,3)18-9-11-19(12-10-18)16(13-17)8-6-5-7-14(16)20-4/h14H,5-13,17H2,1-4H3. The number of nitrogens with zero attached hydrogens (tertiary/aromatic N) is 2. The van der Waals surface area contributed by atoms with Crippen molar-refractivity contribution in [1.82, 2.24) is 9.80 Å². The molecule has 1 saturated carbocycles. The summed E-state index contributed by atoms with van der Waals surface area (Å²) in [7, 11) is 1.85. The minimum atomic E-state index is 0.0803. The van der Waals surface area contributed by atoms with Crippen molar-refractivity contribution in [3.8, 4) is 0 Å². The molecule has 0 radical (unpaired) electrons. The van der Waals surface area contributed by atoms with Gasteiger partial charge in [0.25, 0.3) is 0 Å². The third-order valence-corrected chi connectivity index (χ3v) is 5.42. The van der Waals surface area contributed by atoms with Gasteiger partial charge in [-0.05, 0) is 33.6 Å². The summed E-state index contributed by atoms with van der Waals surface area (Å²) in [4.78, 5) is 5.21. The van der Waals surface area contributed by atoms with E-state index in [4.69, 9.17) is 10.5 Å². The predicted octanol–water partition coefficient (Wildman–Crippen LogP) is 1.69. The molecule has 0 aromatic carbocycles. The van der Waals surface area contributed by atoms with E-state index in [0.717, 1.165) is 39.1 Å². The zero-order chi connectivity index (χ0) is 14.8. The monoisotopic (exact) mass is 283 g/mol. The van der Waals surface area contributed by atoms with Crippen LogP contribution in [0.1, 0.15) is 46.5 Å². The molecule has 20 heavy (non-hydrogen) atoms. The molecule has 4 heteroatoms. The van der Waals surface area contributed by atoms with Crippen LogP contribution < -0.4 is 5.73 Å². The molecular weight excluding hydrogens is 250 g/mol. The lowest BCUT2D eigenvalue weighted by molar-refractivity contribution is -0.0949. The van der Waals surface area contributed by atoms with E-state index in [1.54, 1.807) is 0 Å². The number of hydrogen-bond acceptors (Lipinski definition) is 4. The second-order valence-corrected chi connectivity index (χ2v) is 7.42. The summed E-state index contributed by atoms with van der Waals surface area (Å²) in [6, 6.07) is 0. The van der Waals surface area contributed by atoms with Crippen LogP contribution in [0.3, 0.4) is 0 Å². The molecule has 0 spiro atoms. The third kappa shape index (κ3) is 3.03. The maximum absolute atomic E-state index is 6.22. The molecule has 1 aliphatic carbocycles. The van der Waals surface area contributed by atoms with E-state index < -0.39 is 0 Å². The lowest BCUT2D eigenvalue weighted by Gasteiger charge is -2.54. The van der Waals surface area contributed by atoms with Crippen molar-refractivity contribution in [2.45, 2.75) is 63.6 Å². The third-order valence-electron chi connectivity index (χ3n) is 5.42. The lowest BCUT2D eigenvalue weighted by Crippen LogP contribution is -2.67. The number of methoxy groups -OCH3 is 1. The zero-order valence-corrected chi connectivity index (χ0v) is 13.8. The summed E-state index contributed by atoms with van der Waals surface area (Å²) in [5, 5.41) is 0. The number of ether oxygens (including phenoxy) is 1. The first-order valence-electron chi connectivity index (χ1n) is 8.17. The van der Waals surface area contributed by atoms with Gasteiger partial charge in [0, 0.05) is 45.4 Å². The minimum Gasteiger partial charge on any atom is -0.379 e. The van der Waals surface area contributed by atoms with Crippen LogP contribution in [0.2, 0.25) is 0 Å². The summed E-state index contributed by atoms with van der Waals surface area (Å²) < 4.78 is 5.81. The molecule has 2 N–H and O–H groups in total. The van der Waals surface area contributed by atoms with Crippen molar-refractivity contribution in [1.29, 1.82) is 0 Å². The number of rotatable bonds is 3. The van der Waals surface area contributed by atoms with Gasteiger partial charge in [-0.1, -0.05) is 12.8 Å². The maximum Gasteiger partial charge on any atom is 0.0767 e. The molecule has 2 fully saturated rings. The quantitative estimate of drug-likeness (QED) is 0.856. The van der Waals surface area contributed by atoms with Crippen LogP contribution in [0.5, 0.6) is 0 Å². The van der Waals surface area contributed by atoms with Crippen LogP contribution in [-0.2, 0) is 4.74 Å². The van der Waals surface area contributed by atoms with E-state index in [9.17, 15) is 0 Å². The largest absolute Gasteiger partial charge is 0.379 e. The summed E-state index contributed by atoms with van der Waals surface area (Å²) in [6.45, 7) is 12.2. The van der Waals surface area contributed by atoms with Crippen LogP contribution in [0.15, 0.2) is 0 Å². The highest BCUT2D eigenvalue weighted by Gasteiger charge is 2.46. The van der Waals surface area contributed by atoms with Crippen molar-refractivity contribution in [2.24, 2.45) is 5.73 Å². The van der Waals surface area contributed by atoms with Crippen molar-refractivity contribution in [3.05, 3.63) is 0 Å². The molecule has 2 unspecified atom stereocenters. The Balaban J connectivity index is 2.06. The van der Waals surface area contributed by atoms with Gasteiger partial charge in [0.2, 0.25) is 0 Å². The number of piperazine rings is 1. The molecule has 0 aromatic rings. The van der Waals surface area contributed by atoms with Gasteiger partial charge in [0.1, 0.15) is 0 Å². The van der Waals surface area contributed by atoms with Crippen molar-refractivity contribution in [2.75, 3.05) is 39.8 Å². The topological polar surface area (TPSA) is 41.7 Å². The van der Waals surface area contributed by atoms with Crippen LogP contribution in [0.4, 0.5) is 0 Å². The molecule has 118 valence electrons. The van der Waals surface area contributed by atoms with Gasteiger partial charge in [0.15, 0.2) is 0 Å². The Labute approximate surface area is 124 Å². The van der Waals surface area contributed by atoms with Gasteiger partial charge in [-0.2, -0.15) is 0 Å². The van der Waals surface area contributed by atoms with E-state index in [2.05, 4.69) is 30.6 Å². The highest BCUT2D eigenvalue weighted by Crippen LogP contribution is 2.36. The molecule has 1 heterocycles. The SMILES string of the molecule is COC1CCCCC1(CN)N1CCN(C(C)(C)C)CC1.